The van der Waals surface area contributed by atoms with Gasteiger partial charge in [0.05, 0.1) is 20.4 Å². The first-order chi connectivity index (χ1) is 8.11. The minimum Gasteiger partial charge on any atom is -0.480 e. The van der Waals surface area contributed by atoms with E-state index in [1.54, 1.807) is 0 Å². The summed E-state index contributed by atoms with van der Waals surface area (Å²) in [6.45, 7) is 2.03. The molecule has 0 fully saturated rings. The van der Waals surface area contributed by atoms with Crippen LogP contribution in [0.15, 0.2) is 6.20 Å². The molecule has 0 aliphatic carbocycles. The third-order valence-electron chi connectivity index (χ3n) is 2.56. The molecule has 96 valence electrons. The van der Waals surface area contributed by atoms with E-state index in [9.17, 15) is 5.11 Å². The van der Waals surface area contributed by atoms with Crippen molar-refractivity contribution < 1.29 is 14.6 Å². The molecule has 1 unspecified atom stereocenters. The van der Waals surface area contributed by atoms with Gasteiger partial charge in [-0.15, -0.1) is 0 Å². The number of nitrogens with two attached hydrogens (primary N) is 1. The Balaban J connectivity index is 3.19. The largest absolute Gasteiger partial charge is 0.480 e. The lowest BCUT2D eigenvalue weighted by molar-refractivity contribution is 0.0281. The lowest BCUT2D eigenvalue weighted by Gasteiger charge is -2.26. The van der Waals surface area contributed by atoms with Crippen LogP contribution in [0.2, 0.25) is 0 Å². The van der Waals surface area contributed by atoms with Gasteiger partial charge in [-0.05, 0) is 6.42 Å². The van der Waals surface area contributed by atoms with Crippen molar-refractivity contribution in [1.82, 2.24) is 9.97 Å². The molecule has 1 atom stereocenters. The highest BCUT2D eigenvalue weighted by Gasteiger charge is 2.32. The molecule has 0 amide bonds. The van der Waals surface area contributed by atoms with Crippen molar-refractivity contribution in [1.29, 1.82) is 0 Å². The summed E-state index contributed by atoms with van der Waals surface area (Å²) >= 11 is 0. The summed E-state index contributed by atoms with van der Waals surface area (Å²) in [7, 11) is 2.96. The zero-order chi connectivity index (χ0) is 12.9. The maximum Gasteiger partial charge on any atom is 0.241 e. The number of ether oxygens (including phenoxy) is 2. The Morgan fingerprint density at radius 3 is 2.59 bits per heavy atom. The lowest BCUT2D eigenvalue weighted by atomic mass is 9.94. The highest BCUT2D eigenvalue weighted by Crippen LogP contribution is 2.30. The zero-order valence-electron chi connectivity index (χ0n) is 10.4. The van der Waals surface area contributed by atoms with Gasteiger partial charge in [-0.3, -0.25) is 0 Å². The van der Waals surface area contributed by atoms with E-state index in [4.69, 9.17) is 15.2 Å². The van der Waals surface area contributed by atoms with E-state index in [0.717, 1.165) is 6.42 Å². The molecule has 0 bridgehead atoms. The third-order valence-corrected chi connectivity index (χ3v) is 2.56. The van der Waals surface area contributed by atoms with Crippen molar-refractivity contribution in [3.05, 3.63) is 11.9 Å². The highest BCUT2D eigenvalue weighted by atomic mass is 16.5. The fraction of sp³-hybridized carbons (Fsp3) is 0.636. The van der Waals surface area contributed by atoms with Crippen LogP contribution in [0, 0.1) is 0 Å². The van der Waals surface area contributed by atoms with Gasteiger partial charge in [0.2, 0.25) is 11.8 Å². The first-order valence-electron chi connectivity index (χ1n) is 5.49. The van der Waals surface area contributed by atoms with E-state index < -0.39 is 5.60 Å². The van der Waals surface area contributed by atoms with Crippen molar-refractivity contribution in [3.63, 3.8) is 0 Å². The molecule has 1 aromatic heterocycles. The van der Waals surface area contributed by atoms with Crippen molar-refractivity contribution >= 4 is 0 Å². The lowest BCUT2D eigenvalue weighted by Crippen LogP contribution is -2.36. The van der Waals surface area contributed by atoms with E-state index in [2.05, 4.69) is 9.97 Å². The Hall–Kier alpha value is -1.40. The number of aromatic nitrogens is 2. The van der Waals surface area contributed by atoms with Crippen LogP contribution in [0.3, 0.4) is 0 Å². The van der Waals surface area contributed by atoms with Gasteiger partial charge in [-0.25, -0.2) is 4.98 Å². The second-order valence-corrected chi connectivity index (χ2v) is 3.76. The molecule has 1 rings (SSSR count). The summed E-state index contributed by atoms with van der Waals surface area (Å²) in [6, 6.07) is 0. The maximum atomic E-state index is 10.4. The smallest absolute Gasteiger partial charge is 0.241 e. The molecule has 0 spiro atoms. The molecule has 0 aliphatic heterocycles. The van der Waals surface area contributed by atoms with Crippen LogP contribution < -0.4 is 15.2 Å². The molecule has 0 aromatic carbocycles. The molecule has 0 saturated heterocycles. The highest BCUT2D eigenvalue weighted by molar-refractivity contribution is 5.28. The van der Waals surface area contributed by atoms with Gasteiger partial charge in [-0.2, -0.15) is 4.98 Å². The Morgan fingerprint density at radius 1 is 1.41 bits per heavy atom. The SMILES string of the molecule is CCCC(O)(CN)c1ncc(OC)nc1OC. The quantitative estimate of drug-likeness (QED) is 0.751. The van der Waals surface area contributed by atoms with Gasteiger partial charge >= 0.3 is 0 Å². The summed E-state index contributed by atoms with van der Waals surface area (Å²) in [5.41, 5.74) is 4.76. The Morgan fingerprint density at radius 2 is 2.12 bits per heavy atom. The predicted octanol–water partition coefficient (Wildman–Crippen LogP) is 0.440. The van der Waals surface area contributed by atoms with Crippen LogP contribution in [0.1, 0.15) is 25.5 Å². The molecule has 17 heavy (non-hydrogen) atoms. The van der Waals surface area contributed by atoms with Crippen molar-refractivity contribution in [2.24, 2.45) is 5.73 Å². The summed E-state index contributed by atoms with van der Waals surface area (Å²) in [5, 5.41) is 10.4. The fourth-order valence-corrected chi connectivity index (χ4v) is 1.65. The van der Waals surface area contributed by atoms with E-state index >= 15 is 0 Å². The van der Waals surface area contributed by atoms with Gasteiger partial charge in [-0.1, -0.05) is 13.3 Å². The van der Waals surface area contributed by atoms with Crippen molar-refractivity contribution in [3.8, 4) is 11.8 Å². The molecule has 1 heterocycles. The first-order valence-corrected chi connectivity index (χ1v) is 5.49. The molecule has 6 nitrogen and oxygen atoms in total. The molecule has 6 heteroatoms. The second-order valence-electron chi connectivity index (χ2n) is 3.76. The molecular formula is C11H19N3O3. The number of aliphatic hydroxyl groups is 1. The zero-order valence-corrected chi connectivity index (χ0v) is 10.4. The number of hydrogen-bond donors (Lipinski definition) is 2. The number of nitrogens with zero attached hydrogens (tertiary/aromatic N) is 2. The molecule has 1 aromatic rings. The monoisotopic (exact) mass is 241 g/mol. The summed E-state index contributed by atoms with van der Waals surface area (Å²) in [6.07, 6.45) is 2.72. The minimum absolute atomic E-state index is 0.0677. The van der Waals surface area contributed by atoms with Gasteiger partial charge in [0, 0.05) is 6.54 Å². The first kappa shape index (κ1) is 13.7. The fourth-order valence-electron chi connectivity index (χ4n) is 1.65. The summed E-state index contributed by atoms with van der Waals surface area (Å²) in [5.74, 6) is 0.576. The Kier molecular flexibility index (Phi) is 4.65. The van der Waals surface area contributed by atoms with Gasteiger partial charge < -0.3 is 20.3 Å². The number of rotatable bonds is 6. The third kappa shape index (κ3) is 2.83. The van der Waals surface area contributed by atoms with Crippen LogP contribution in [0.4, 0.5) is 0 Å². The van der Waals surface area contributed by atoms with Crippen LogP contribution in [0.25, 0.3) is 0 Å². The Labute approximate surface area is 101 Å². The molecule has 0 radical (unpaired) electrons. The molecule has 0 saturated carbocycles. The van der Waals surface area contributed by atoms with Crippen LogP contribution in [-0.4, -0.2) is 35.8 Å². The molecular weight excluding hydrogens is 222 g/mol. The van der Waals surface area contributed by atoms with E-state index in [0.29, 0.717) is 18.0 Å². The predicted molar refractivity (Wildman–Crippen MR) is 63.0 cm³/mol. The molecule has 3 N–H and O–H groups in total. The summed E-state index contributed by atoms with van der Waals surface area (Å²) in [4.78, 5) is 8.22. The van der Waals surface area contributed by atoms with Crippen molar-refractivity contribution in [2.75, 3.05) is 20.8 Å². The van der Waals surface area contributed by atoms with E-state index in [1.807, 2.05) is 6.92 Å². The normalized spacial score (nSPS) is 14.2. The van der Waals surface area contributed by atoms with Gasteiger partial charge in [0.1, 0.15) is 11.3 Å². The topological polar surface area (TPSA) is 90.5 Å². The summed E-state index contributed by atoms with van der Waals surface area (Å²) < 4.78 is 10.1. The maximum absolute atomic E-state index is 10.4. The average Bonchev–Trinajstić information content (AvgIpc) is 2.38. The van der Waals surface area contributed by atoms with Crippen molar-refractivity contribution in [2.45, 2.75) is 25.4 Å². The van der Waals surface area contributed by atoms with Crippen LogP contribution in [0.5, 0.6) is 11.8 Å². The van der Waals surface area contributed by atoms with Crippen LogP contribution >= 0.6 is 0 Å². The van der Waals surface area contributed by atoms with Gasteiger partial charge in [0.25, 0.3) is 0 Å². The van der Waals surface area contributed by atoms with E-state index in [1.165, 1.54) is 20.4 Å². The average molecular weight is 241 g/mol. The minimum atomic E-state index is -1.21. The second kappa shape index (κ2) is 5.79. The Bertz CT molecular complexity index is 373. The molecule has 0 aliphatic rings. The van der Waals surface area contributed by atoms with E-state index in [-0.39, 0.29) is 12.4 Å². The number of methoxy groups -OCH3 is 2. The van der Waals surface area contributed by atoms with Crippen LogP contribution in [-0.2, 0) is 5.60 Å². The van der Waals surface area contributed by atoms with Gasteiger partial charge in [0.15, 0.2) is 0 Å². The standard InChI is InChI=1S/C11H19N3O3/c1-4-5-11(15,7-12)9-10(17-3)14-8(16-2)6-13-9/h6,15H,4-5,7,12H2,1-3H3. The number of hydrogen-bond acceptors (Lipinski definition) is 6.